The average molecular weight is 315 g/mol. The van der Waals surface area contributed by atoms with Gasteiger partial charge >= 0.3 is 0 Å². The van der Waals surface area contributed by atoms with Crippen LogP contribution in [0.1, 0.15) is 5.56 Å². The van der Waals surface area contributed by atoms with Gasteiger partial charge in [0.15, 0.2) is 5.82 Å². The van der Waals surface area contributed by atoms with E-state index in [1.807, 2.05) is 49.4 Å². The number of aromatic nitrogens is 3. The minimum atomic E-state index is -0.268. The topological polar surface area (TPSA) is 38.7 Å². The SMILES string of the molecule is Cc1cc(F)cc(-c2nc(-c3cccnc3)nc3ccccc23)c1. The Bertz CT molecular complexity index is 1010. The summed E-state index contributed by atoms with van der Waals surface area (Å²) in [7, 11) is 0. The van der Waals surface area contributed by atoms with Gasteiger partial charge in [-0.1, -0.05) is 18.2 Å². The lowest BCUT2D eigenvalue weighted by atomic mass is 10.0. The van der Waals surface area contributed by atoms with Gasteiger partial charge in [-0.3, -0.25) is 4.98 Å². The van der Waals surface area contributed by atoms with Crippen LogP contribution in [0, 0.1) is 12.7 Å². The van der Waals surface area contributed by atoms with E-state index >= 15 is 0 Å². The van der Waals surface area contributed by atoms with E-state index in [0.29, 0.717) is 5.82 Å². The van der Waals surface area contributed by atoms with Crippen molar-refractivity contribution in [3.63, 3.8) is 0 Å². The van der Waals surface area contributed by atoms with Crippen LogP contribution in [0.4, 0.5) is 4.39 Å². The Kier molecular flexibility index (Phi) is 3.50. The fourth-order valence-electron chi connectivity index (χ4n) is 2.79. The standard InChI is InChI=1S/C20H14FN3/c1-13-9-15(11-16(21)10-13)19-17-6-2-3-7-18(17)23-20(24-19)14-5-4-8-22-12-14/h2-12H,1H3. The van der Waals surface area contributed by atoms with Crippen molar-refractivity contribution in [1.82, 2.24) is 15.0 Å². The number of aryl methyl sites for hydroxylation is 1. The van der Waals surface area contributed by atoms with Crippen LogP contribution >= 0.6 is 0 Å². The van der Waals surface area contributed by atoms with Crippen LogP contribution in [-0.4, -0.2) is 15.0 Å². The van der Waals surface area contributed by atoms with Crippen LogP contribution in [0.5, 0.6) is 0 Å². The molecule has 0 N–H and O–H groups in total. The lowest BCUT2D eigenvalue weighted by molar-refractivity contribution is 0.627. The number of rotatable bonds is 2. The maximum absolute atomic E-state index is 13.9. The summed E-state index contributed by atoms with van der Waals surface area (Å²) in [6, 6.07) is 16.5. The third kappa shape index (κ3) is 2.63. The molecule has 2 aromatic heterocycles. The first-order valence-corrected chi connectivity index (χ1v) is 7.65. The van der Waals surface area contributed by atoms with E-state index in [2.05, 4.69) is 9.97 Å². The van der Waals surface area contributed by atoms with Crippen LogP contribution in [0.2, 0.25) is 0 Å². The van der Waals surface area contributed by atoms with Gasteiger partial charge in [0.2, 0.25) is 0 Å². The first-order valence-electron chi connectivity index (χ1n) is 7.65. The fourth-order valence-corrected chi connectivity index (χ4v) is 2.79. The summed E-state index contributed by atoms with van der Waals surface area (Å²) in [5, 5.41) is 0.898. The highest BCUT2D eigenvalue weighted by Gasteiger charge is 2.12. The predicted molar refractivity (Wildman–Crippen MR) is 92.9 cm³/mol. The van der Waals surface area contributed by atoms with Gasteiger partial charge in [-0.2, -0.15) is 0 Å². The smallest absolute Gasteiger partial charge is 0.161 e. The van der Waals surface area contributed by atoms with E-state index in [-0.39, 0.29) is 5.82 Å². The summed E-state index contributed by atoms with van der Waals surface area (Å²) in [6.45, 7) is 1.87. The molecule has 0 aliphatic heterocycles. The van der Waals surface area contributed by atoms with Crippen molar-refractivity contribution in [2.45, 2.75) is 6.92 Å². The zero-order chi connectivity index (χ0) is 16.5. The average Bonchev–Trinajstić information content (AvgIpc) is 2.60. The number of hydrogen-bond acceptors (Lipinski definition) is 3. The highest BCUT2D eigenvalue weighted by molar-refractivity contribution is 5.93. The number of fused-ring (bicyclic) bond motifs is 1. The first-order chi connectivity index (χ1) is 11.7. The van der Waals surface area contributed by atoms with Crippen molar-refractivity contribution in [1.29, 1.82) is 0 Å². The maximum Gasteiger partial charge on any atom is 0.161 e. The van der Waals surface area contributed by atoms with Gasteiger partial charge in [0.25, 0.3) is 0 Å². The molecule has 0 amide bonds. The van der Waals surface area contributed by atoms with Gasteiger partial charge in [-0.05, 0) is 48.9 Å². The van der Waals surface area contributed by atoms with E-state index < -0.39 is 0 Å². The second kappa shape index (κ2) is 5.81. The third-order valence-electron chi connectivity index (χ3n) is 3.84. The van der Waals surface area contributed by atoms with Crippen molar-refractivity contribution < 1.29 is 4.39 Å². The molecule has 3 nitrogen and oxygen atoms in total. The van der Waals surface area contributed by atoms with Gasteiger partial charge < -0.3 is 0 Å². The zero-order valence-electron chi connectivity index (χ0n) is 13.1. The first kappa shape index (κ1) is 14.5. The normalized spacial score (nSPS) is 10.9. The van der Waals surface area contributed by atoms with Crippen LogP contribution in [-0.2, 0) is 0 Å². The molecule has 0 fully saturated rings. The second-order valence-electron chi connectivity index (χ2n) is 5.67. The number of benzene rings is 2. The summed E-state index contributed by atoms with van der Waals surface area (Å²) < 4.78 is 13.9. The third-order valence-corrected chi connectivity index (χ3v) is 3.84. The van der Waals surface area contributed by atoms with Gasteiger partial charge in [-0.25, -0.2) is 14.4 Å². The molecule has 0 spiro atoms. The summed E-state index contributed by atoms with van der Waals surface area (Å²) in [4.78, 5) is 13.5. The lowest BCUT2D eigenvalue weighted by Gasteiger charge is -2.10. The van der Waals surface area contributed by atoms with Crippen molar-refractivity contribution in [2.24, 2.45) is 0 Å². The van der Waals surface area contributed by atoms with Crippen molar-refractivity contribution in [2.75, 3.05) is 0 Å². The Morgan fingerprint density at radius 2 is 1.75 bits per heavy atom. The molecule has 0 bridgehead atoms. The molecule has 4 heteroatoms. The molecule has 2 heterocycles. The Morgan fingerprint density at radius 1 is 0.875 bits per heavy atom. The van der Waals surface area contributed by atoms with Gasteiger partial charge in [0, 0.05) is 28.9 Å². The Labute approximate surface area is 138 Å². The van der Waals surface area contributed by atoms with Gasteiger partial charge in [0.05, 0.1) is 11.2 Å². The van der Waals surface area contributed by atoms with Gasteiger partial charge in [0.1, 0.15) is 5.82 Å². The van der Waals surface area contributed by atoms with Crippen LogP contribution in [0.25, 0.3) is 33.5 Å². The van der Waals surface area contributed by atoms with Crippen molar-refractivity contribution >= 4 is 10.9 Å². The number of nitrogens with zero attached hydrogens (tertiary/aromatic N) is 3. The molecule has 0 atom stereocenters. The summed E-state index contributed by atoms with van der Waals surface area (Å²) >= 11 is 0. The van der Waals surface area contributed by atoms with E-state index in [9.17, 15) is 4.39 Å². The van der Waals surface area contributed by atoms with E-state index in [1.165, 1.54) is 12.1 Å². The highest BCUT2D eigenvalue weighted by atomic mass is 19.1. The molecule has 0 saturated carbocycles. The largest absolute Gasteiger partial charge is 0.264 e. The highest BCUT2D eigenvalue weighted by Crippen LogP contribution is 2.29. The van der Waals surface area contributed by atoms with Crippen LogP contribution in [0.15, 0.2) is 67.0 Å². The van der Waals surface area contributed by atoms with E-state index in [4.69, 9.17) is 4.98 Å². The van der Waals surface area contributed by atoms with Crippen LogP contribution in [0.3, 0.4) is 0 Å². The molecule has 4 rings (SSSR count). The summed E-state index contributed by atoms with van der Waals surface area (Å²) in [5.41, 5.74) is 3.98. The Morgan fingerprint density at radius 3 is 2.54 bits per heavy atom. The number of halogens is 1. The van der Waals surface area contributed by atoms with Crippen molar-refractivity contribution in [3.8, 4) is 22.6 Å². The van der Waals surface area contributed by atoms with Crippen molar-refractivity contribution in [3.05, 3.63) is 78.4 Å². The fraction of sp³-hybridized carbons (Fsp3) is 0.0500. The molecule has 0 saturated heterocycles. The summed E-state index contributed by atoms with van der Waals surface area (Å²) in [6.07, 6.45) is 3.44. The maximum atomic E-state index is 13.9. The quantitative estimate of drug-likeness (QED) is 0.533. The summed E-state index contributed by atoms with van der Waals surface area (Å²) in [5.74, 6) is 0.314. The molecular formula is C20H14FN3. The minimum absolute atomic E-state index is 0.268. The van der Waals surface area contributed by atoms with E-state index in [1.54, 1.807) is 12.4 Å². The molecule has 24 heavy (non-hydrogen) atoms. The molecule has 0 aliphatic carbocycles. The molecule has 0 radical (unpaired) electrons. The molecule has 0 unspecified atom stereocenters. The molecule has 4 aromatic rings. The molecule has 2 aromatic carbocycles. The lowest BCUT2D eigenvalue weighted by Crippen LogP contribution is -1.96. The number of hydrogen-bond donors (Lipinski definition) is 0. The number of para-hydroxylation sites is 1. The Hall–Kier alpha value is -3.14. The minimum Gasteiger partial charge on any atom is -0.264 e. The molecule has 0 aliphatic rings. The van der Waals surface area contributed by atoms with Gasteiger partial charge in [-0.15, -0.1) is 0 Å². The zero-order valence-corrected chi connectivity index (χ0v) is 13.1. The van der Waals surface area contributed by atoms with Crippen LogP contribution < -0.4 is 0 Å². The molecular weight excluding hydrogens is 301 g/mol. The number of pyridine rings is 1. The Balaban J connectivity index is 2.03. The molecule has 116 valence electrons. The predicted octanol–water partition coefficient (Wildman–Crippen LogP) is 4.81. The monoisotopic (exact) mass is 315 g/mol. The van der Waals surface area contributed by atoms with E-state index in [0.717, 1.165) is 33.3 Å². The second-order valence-corrected chi connectivity index (χ2v) is 5.67.